The number of nitrogens with zero attached hydrogens (tertiary/aromatic N) is 4. The highest BCUT2D eigenvalue weighted by atomic mass is 16.5. The highest BCUT2D eigenvalue weighted by Crippen LogP contribution is 2.36. The van der Waals surface area contributed by atoms with Crippen LogP contribution < -0.4 is 14.4 Å². The van der Waals surface area contributed by atoms with Crippen LogP contribution in [-0.4, -0.2) is 55.3 Å². The predicted octanol–water partition coefficient (Wildman–Crippen LogP) is 3.08. The van der Waals surface area contributed by atoms with E-state index in [0.29, 0.717) is 5.92 Å². The molecule has 6 nitrogen and oxygen atoms in total. The number of hydrogen-bond acceptors (Lipinski definition) is 6. The normalized spacial score (nSPS) is 20.2. The first kappa shape index (κ1) is 18.0. The summed E-state index contributed by atoms with van der Waals surface area (Å²) in [6.45, 7) is 5.13. The molecule has 2 aliphatic heterocycles. The van der Waals surface area contributed by atoms with Crippen LogP contribution in [0, 0.1) is 0 Å². The standard InChI is InChI=1S/C21H28N4O2/c1-26-18-5-6-20(27-2)19(11-18)17-7-10-24(15-17)14-16-12-22-21(23-13-16)25-8-3-4-9-25/h5-6,11-13,17H,3-4,7-10,14-15H2,1-2H3/t17-/m0/s1. The minimum absolute atomic E-state index is 0.458. The van der Waals surface area contributed by atoms with Crippen LogP contribution in [0.1, 0.15) is 36.3 Å². The summed E-state index contributed by atoms with van der Waals surface area (Å²) in [6, 6.07) is 6.07. The first-order chi connectivity index (χ1) is 13.3. The fourth-order valence-electron chi connectivity index (χ4n) is 4.16. The molecule has 0 bridgehead atoms. The molecule has 6 heteroatoms. The first-order valence-electron chi connectivity index (χ1n) is 9.77. The van der Waals surface area contributed by atoms with Crippen LogP contribution in [0.2, 0.25) is 0 Å². The van der Waals surface area contributed by atoms with Crippen molar-refractivity contribution in [2.45, 2.75) is 31.7 Å². The fourth-order valence-corrected chi connectivity index (χ4v) is 4.16. The average molecular weight is 368 g/mol. The van der Waals surface area contributed by atoms with Crippen LogP contribution in [0.5, 0.6) is 11.5 Å². The zero-order valence-corrected chi connectivity index (χ0v) is 16.2. The number of methoxy groups -OCH3 is 2. The Balaban J connectivity index is 1.40. The summed E-state index contributed by atoms with van der Waals surface area (Å²) < 4.78 is 11.0. The zero-order valence-electron chi connectivity index (χ0n) is 16.2. The van der Waals surface area contributed by atoms with Crippen LogP contribution in [0.3, 0.4) is 0 Å². The Bertz CT molecular complexity index is 759. The van der Waals surface area contributed by atoms with Crippen LogP contribution in [0.4, 0.5) is 5.95 Å². The quantitative estimate of drug-likeness (QED) is 0.781. The van der Waals surface area contributed by atoms with Gasteiger partial charge in [0.15, 0.2) is 0 Å². The third-order valence-electron chi connectivity index (χ3n) is 5.64. The van der Waals surface area contributed by atoms with Crippen molar-refractivity contribution in [1.29, 1.82) is 0 Å². The van der Waals surface area contributed by atoms with Crippen molar-refractivity contribution in [1.82, 2.24) is 14.9 Å². The van der Waals surface area contributed by atoms with Gasteiger partial charge in [-0.05, 0) is 44.0 Å². The van der Waals surface area contributed by atoms with Crippen LogP contribution in [0.15, 0.2) is 30.6 Å². The first-order valence-corrected chi connectivity index (χ1v) is 9.77. The summed E-state index contributed by atoms with van der Waals surface area (Å²) in [5, 5.41) is 0. The van der Waals surface area contributed by atoms with E-state index in [4.69, 9.17) is 9.47 Å². The largest absolute Gasteiger partial charge is 0.497 e. The Morgan fingerprint density at radius 2 is 1.81 bits per heavy atom. The van der Waals surface area contributed by atoms with E-state index in [1.807, 2.05) is 24.5 Å². The molecule has 2 aliphatic rings. The zero-order chi connectivity index (χ0) is 18.6. The molecule has 1 aromatic carbocycles. The Morgan fingerprint density at radius 1 is 1.04 bits per heavy atom. The Labute approximate surface area is 161 Å². The molecular formula is C21H28N4O2. The Hall–Kier alpha value is -2.34. The van der Waals surface area contributed by atoms with Crippen LogP contribution in [0.25, 0.3) is 0 Å². The van der Waals surface area contributed by atoms with E-state index in [1.165, 1.54) is 24.0 Å². The molecule has 0 saturated carbocycles. The molecular weight excluding hydrogens is 340 g/mol. The Kier molecular flexibility index (Phi) is 5.43. The molecule has 1 atom stereocenters. The van der Waals surface area contributed by atoms with Gasteiger partial charge in [-0.1, -0.05) is 0 Å². The second kappa shape index (κ2) is 8.13. The second-order valence-electron chi connectivity index (χ2n) is 7.41. The van der Waals surface area contributed by atoms with Crippen LogP contribution in [-0.2, 0) is 6.54 Å². The molecule has 2 fully saturated rings. The lowest BCUT2D eigenvalue weighted by atomic mass is 9.97. The number of hydrogen-bond donors (Lipinski definition) is 0. The Morgan fingerprint density at radius 3 is 2.52 bits per heavy atom. The van der Waals surface area contributed by atoms with Gasteiger partial charge in [-0.25, -0.2) is 9.97 Å². The van der Waals surface area contributed by atoms with Crippen molar-refractivity contribution in [2.75, 3.05) is 45.3 Å². The number of ether oxygens (including phenoxy) is 2. The summed E-state index contributed by atoms with van der Waals surface area (Å²) >= 11 is 0. The van der Waals surface area contributed by atoms with Gasteiger partial charge in [-0.3, -0.25) is 4.90 Å². The molecule has 2 aromatic rings. The predicted molar refractivity (Wildman–Crippen MR) is 106 cm³/mol. The number of rotatable bonds is 6. The van der Waals surface area contributed by atoms with Gasteiger partial charge in [0, 0.05) is 55.6 Å². The molecule has 144 valence electrons. The molecule has 3 heterocycles. The molecule has 0 aliphatic carbocycles. The van der Waals surface area contributed by atoms with Gasteiger partial charge >= 0.3 is 0 Å². The molecule has 0 amide bonds. The average Bonchev–Trinajstić information content (AvgIpc) is 3.40. The molecule has 4 rings (SSSR count). The molecule has 0 radical (unpaired) electrons. The topological polar surface area (TPSA) is 50.7 Å². The molecule has 1 aromatic heterocycles. The van der Waals surface area contributed by atoms with E-state index in [2.05, 4.69) is 25.8 Å². The van der Waals surface area contributed by atoms with Gasteiger partial charge in [0.05, 0.1) is 14.2 Å². The van der Waals surface area contributed by atoms with E-state index >= 15 is 0 Å². The van der Waals surface area contributed by atoms with Gasteiger partial charge < -0.3 is 14.4 Å². The van der Waals surface area contributed by atoms with Gasteiger partial charge in [-0.2, -0.15) is 0 Å². The minimum atomic E-state index is 0.458. The van der Waals surface area contributed by atoms with E-state index < -0.39 is 0 Å². The van der Waals surface area contributed by atoms with Crippen molar-refractivity contribution in [3.05, 3.63) is 41.7 Å². The highest BCUT2D eigenvalue weighted by Gasteiger charge is 2.27. The third-order valence-corrected chi connectivity index (χ3v) is 5.64. The summed E-state index contributed by atoms with van der Waals surface area (Å²) in [5.41, 5.74) is 2.41. The summed E-state index contributed by atoms with van der Waals surface area (Å²) in [6.07, 6.45) is 7.58. The summed E-state index contributed by atoms with van der Waals surface area (Å²) in [4.78, 5) is 13.9. The number of anilines is 1. The van der Waals surface area contributed by atoms with Gasteiger partial charge in [0.1, 0.15) is 11.5 Å². The van der Waals surface area contributed by atoms with Crippen LogP contribution >= 0.6 is 0 Å². The van der Waals surface area contributed by atoms with E-state index in [1.54, 1.807) is 14.2 Å². The number of benzene rings is 1. The van der Waals surface area contributed by atoms with Crippen molar-refractivity contribution >= 4 is 5.95 Å². The second-order valence-corrected chi connectivity index (χ2v) is 7.41. The maximum absolute atomic E-state index is 5.57. The minimum Gasteiger partial charge on any atom is -0.497 e. The molecule has 0 spiro atoms. The smallest absolute Gasteiger partial charge is 0.225 e. The molecule has 0 N–H and O–H groups in total. The van der Waals surface area contributed by atoms with E-state index in [9.17, 15) is 0 Å². The molecule has 27 heavy (non-hydrogen) atoms. The van der Waals surface area contributed by atoms with Crippen molar-refractivity contribution in [2.24, 2.45) is 0 Å². The van der Waals surface area contributed by atoms with Crippen molar-refractivity contribution < 1.29 is 9.47 Å². The van der Waals surface area contributed by atoms with Gasteiger partial charge in [0.2, 0.25) is 5.95 Å². The highest BCUT2D eigenvalue weighted by molar-refractivity contribution is 5.43. The molecule has 2 saturated heterocycles. The maximum Gasteiger partial charge on any atom is 0.225 e. The van der Waals surface area contributed by atoms with E-state index in [0.717, 1.165) is 56.6 Å². The number of aromatic nitrogens is 2. The summed E-state index contributed by atoms with van der Waals surface area (Å²) in [7, 11) is 3.44. The monoisotopic (exact) mass is 368 g/mol. The lowest BCUT2D eigenvalue weighted by Crippen LogP contribution is -2.22. The van der Waals surface area contributed by atoms with Gasteiger partial charge in [-0.15, -0.1) is 0 Å². The van der Waals surface area contributed by atoms with Gasteiger partial charge in [0.25, 0.3) is 0 Å². The van der Waals surface area contributed by atoms with Crippen molar-refractivity contribution in [3.8, 4) is 11.5 Å². The fraction of sp³-hybridized carbons (Fsp3) is 0.524. The molecule has 0 unspecified atom stereocenters. The number of likely N-dealkylation sites (tertiary alicyclic amines) is 1. The lowest BCUT2D eigenvalue weighted by molar-refractivity contribution is 0.324. The van der Waals surface area contributed by atoms with E-state index in [-0.39, 0.29) is 0 Å². The summed E-state index contributed by atoms with van der Waals surface area (Å²) in [5.74, 6) is 3.16. The maximum atomic E-state index is 5.57. The lowest BCUT2D eigenvalue weighted by Gasteiger charge is -2.19. The third kappa shape index (κ3) is 4.00. The van der Waals surface area contributed by atoms with Crippen molar-refractivity contribution in [3.63, 3.8) is 0 Å². The SMILES string of the molecule is COc1ccc(OC)c([C@H]2CCN(Cc3cnc(N4CCCC4)nc3)C2)c1.